The lowest BCUT2D eigenvalue weighted by Crippen LogP contribution is -2.14. The van der Waals surface area contributed by atoms with Gasteiger partial charge in [-0.1, -0.05) is 0 Å². The molecule has 3 aromatic rings. The van der Waals surface area contributed by atoms with Gasteiger partial charge in [0.25, 0.3) is 15.9 Å². The maximum absolute atomic E-state index is 12.3. The lowest BCUT2D eigenvalue weighted by atomic mass is 10.2. The van der Waals surface area contributed by atoms with E-state index in [2.05, 4.69) is 31.1 Å². The van der Waals surface area contributed by atoms with Crippen LogP contribution < -0.4 is 10.0 Å². The van der Waals surface area contributed by atoms with Gasteiger partial charge >= 0.3 is 0 Å². The number of amides is 1. The van der Waals surface area contributed by atoms with Crippen LogP contribution in [0.15, 0.2) is 56.7 Å². The van der Waals surface area contributed by atoms with E-state index in [1.807, 2.05) is 0 Å². The quantitative estimate of drug-likeness (QED) is 0.636. The molecule has 10 heteroatoms. The summed E-state index contributed by atoms with van der Waals surface area (Å²) in [4.78, 5) is 12.1. The van der Waals surface area contributed by atoms with Crippen LogP contribution in [0.25, 0.3) is 0 Å². The molecule has 0 saturated heterocycles. The Bertz CT molecular complexity index is 1010. The van der Waals surface area contributed by atoms with Crippen LogP contribution in [0.3, 0.4) is 0 Å². The second kappa shape index (κ2) is 6.98. The van der Waals surface area contributed by atoms with Crippen molar-refractivity contribution in [2.45, 2.75) is 4.21 Å². The third kappa shape index (κ3) is 4.27. The number of aryl methyl sites for hydroxylation is 1. The molecule has 2 N–H and O–H groups in total. The number of nitrogens with zero attached hydrogens (tertiary/aromatic N) is 2. The van der Waals surface area contributed by atoms with Gasteiger partial charge in [-0.25, -0.2) is 8.42 Å². The largest absolute Gasteiger partial charge is 0.305 e. The highest BCUT2D eigenvalue weighted by Gasteiger charge is 2.17. The molecule has 0 aliphatic rings. The van der Waals surface area contributed by atoms with Gasteiger partial charge < -0.3 is 5.32 Å². The molecule has 0 aliphatic carbocycles. The van der Waals surface area contributed by atoms with Gasteiger partial charge in [0, 0.05) is 30.6 Å². The fraction of sp³-hybridized carbons (Fsp3) is 0.0667. The van der Waals surface area contributed by atoms with Crippen molar-refractivity contribution in [3.8, 4) is 0 Å². The van der Waals surface area contributed by atoms with Crippen LogP contribution in [0.2, 0.25) is 0 Å². The Morgan fingerprint density at radius 3 is 2.44 bits per heavy atom. The van der Waals surface area contributed by atoms with Crippen LogP contribution in [0, 0.1) is 0 Å². The van der Waals surface area contributed by atoms with Crippen molar-refractivity contribution in [1.82, 2.24) is 9.78 Å². The van der Waals surface area contributed by atoms with Gasteiger partial charge in [0.1, 0.15) is 4.21 Å². The number of rotatable bonds is 5. The molecule has 0 unspecified atom stereocenters. The number of carbonyl (C=O) groups is 1. The molecule has 1 aromatic carbocycles. The second-order valence-electron chi connectivity index (χ2n) is 5.07. The maximum atomic E-state index is 12.3. The summed E-state index contributed by atoms with van der Waals surface area (Å²) in [5.74, 6) is 0.121. The summed E-state index contributed by atoms with van der Waals surface area (Å²) in [6.45, 7) is 0. The Labute approximate surface area is 156 Å². The van der Waals surface area contributed by atoms with Crippen molar-refractivity contribution in [2.75, 3.05) is 10.0 Å². The van der Waals surface area contributed by atoms with Crippen LogP contribution in [-0.4, -0.2) is 24.1 Å². The van der Waals surface area contributed by atoms with E-state index in [1.165, 1.54) is 18.2 Å². The monoisotopic (exact) mass is 440 g/mol. The smallest absolute Gasteiger partial charge is 0.271 e. The fourth-order valence-corrected chi connectivity index (χ4v) is 5.08. The molecule has 1 amide bonds. The van der Waals surface area contributed by atoms with Crippen LogP contribution >= 0.6 is 27.3 Å². The Morgan fingerprint density at radius 2 is 1.88 bits per heavy atom. The first-order valence-corrected chi connectivity index (χ1v) is 10.1. The number of aromatic nitrogens is 2. The van der Waals surface area contributed by atoms with Crippen molar-refractivity contribution >= 4 is 54.7 Å². The van der Waals surface area contributed by atoms with Gasteiger partial charge in [-0.15, -0.1) is 11.3 Å². The summed E-state index contributed by atoms with van der Waals surface area (Å²) < 4.78 is 29.5. The third-order valence-electron chi connectivity index (χ3n) is 3.17. The Kier molecular flexibility index (Phi) is 4.93. The SMILES string of the molecule is Cn1ccc(NC(=O)c2ccc(NS(=O)(=O)c3ccc(Br)s3)cc2)n1. The molecule has 0 aliphatic heterocycles. The predicted molar refractivity (Wildman–Crippen MR) is 100 cm³/mol. The average molecular weight is 441 g/mol. The average Bonchev–Trinajstić information content (AvgIpc) is 3.16. The van der Waals surface area contributed by atoms with E-state index in [1.54, 1.807) is 42.2 Å². The predicted octanol–water partition coefficient (Wildman–Crippen LogP) is 3.30. The molecular formula is C15H13BrN4O3S2. The molecule has 0 atom stereocenters. The molecule has 130 valence electrons. The molecule has 0 saturated carbocycles. The van der Waals surface area contributed by atoms with Crippen LogP contribution in [-0.2, 0) is 17.1 Å². The molecule has 0 spiro atoms. The number of hydrogen-bond acceptors (Lipinski definition) is 5. The fourth-order valence-electron chi connectivity index (χ4n) is 2.01. The first kappa shape index (κ1) is 17.6. The minimum atomic E-state index is -3.65. The van der Waals surface area contributed by atoms with Crippen LogP contribution in [0.1, 0.15) is 10.4 Å². The van der Waals surface area contributed by atoms with E-state index < -0.39 is 10.0 Å². The maximum Gasteiger partial charge on any atom is 0.271 e. The van der Waals surface area contributed by atoms with E-state index in [0.29, 0.717) is 17.1 Å². The number of nitrogens with one attached hydrogen (secondary N) is 2. The number of carbonyl (C=O) groups excluding carboxylic acids is 1. The number of halogens is 1. The van der Waals surface area contributed by atoms with Crippen molar-refractivity contribution < 1.29 is 13.2 Å². The lowest BCUT2D eigenvalue weighted by molar-refractivity contribution is 0.102. The second-order valence-corrected chi connectivity index (χ2v) is 9.44. The van der Waals surface area contributed by atoms with E-state index in [9.17, 15) is 13.2 Å². The highest BCUT2D eigenvalue weighted by molar-refractivity contribution is 9.11. The summed E-state index contributed by atoms with van der Waals surface area (Å²) in [6, 6.07) is 11.0. The molecular weight excluding hydrogens is 428 g/mol. The van der Waals surface area contributed by atoms with Crippen molar-refractivity contribution in [1.29, 1.82) is 0 Å². The minimum Gasteiger partial charge on any atom is -0.305 e. The summed E-state index contributed by atoms with van der Waals surface area (Å²) in [6.07, 6.45) is 1.72. The van der Waals surface area contributed by atoms with Gasteiger partial charge in [0.2, 0.25) is 0 Å². The number of benzene rings is 1. The molecule has 2 heterocycles. The normalized spacial score (nSPS) is 11.3. The van der Waals surface area contributed by atoms with E-state index >= 15 is 0 Å². The zero-order chi connectivity index (χ0) is 18.0. The lowest BCUT2D eigenvalue weighted by Gasteiger charge is -2.07. The Morgan fingerprint density at radius 1 is 1.16 bits per heavy atom. The van der Waals surface area contributed by atoms with Crippen molar-refractivity contribution in [3.63, 3.8) is 0 Å². The van der Waals surface area contributed by atoms with Crippen LogP contribution in [0.4, 0.5) is 11.5 Å². The van der Waals surface area contributed by atoms with Crippen LogP contribution in [0.5, 0.6) is 0 Å². The minimum absolute atomic E-state index is 0.205. The number of anilines is 2. The standard InChI is InChI=1S/C15H13BrN4O3S2/c1-20-9-8-13(18-20)17-15(21)10-2-4-11(5-3-10)19-25(22,23)14-7-6-12(16)24-14/h2-9,19H,1H3,(H,17,18,21). The highest BCUT2D eigenvalue weighted by Crippen LogP contribution is 2.27. The zero-order valence-corrected chi connectivity index (χ0v) is 16.2. The first-order chi connectivity index (χ1) is 11.8. The topological polar surface area (TPSA) is 93.1 Å². The van der Waals surface area contributed by atoms with Gasteiger partial charge in [-0.05, 0) is 52.3 Å². The molecule has 0 radical (unpaired) electrons. The Balaban J connectivity index is 1.70. The Hall–Kier alpha value is -2.17. The number of thiophene rings is 1. The number of hydrogen-bond donors (Lipinski definition) is 2. The molecule has 25 heavy (non-hydrogen) atoms. The molecule has 2 aromatic heterocycles. The summed E-state index contributed by atoms with van der Waals surface area (Å²) in [7, 11) is -1.89. The van der Waals surface area contributed by atoms with E-state index in [-0.39, 0.29) is 10.1 Å². The summed E-state index contributed by atoms with van der Waals surface area (Å²) >= 11 is 4.36. The summed E-state index contributed by atoms with van der Waals surface area (Å²) in [5.41, 5.74) is 0.770. The molecule has 0 bridgehead atoms. The van der Waals surface area contributed by atoms with E-state index in [0.717, 1.165) is 15.1 Å². The molecule has 3 rings (SSSR count). The van der Waals surface area contributed by atoms with E-state index in [4.69, 9.17) is 0 Å². The van der Waals surface area contributed by atoms with Gasteiger partial charge in [0.05, 0.1) is 3.79 Å². The van der Waals surface area contributed by atoms with Gasteiger partial charge in [0.15, 0.2) is 5.82 Å². The molecule has 0 fully saturated rings. The summed E-state index contributed by atoms with van der Waals surface area (Å²) in [5, 5.41) is 6.73. The third-order valence-corrected chi connectivity index (χ3v) is 6.66. The highest BCUT2D eigenvalue weighted by atomic mass is 79.9. The first-order valence-electron chi connectivity index (χ1n) is 7.03. The van der Waals surface area contributed by atoms with Gasteiger partial charge in [-0.3, -0.25) is 14.2 Å². The van der Waals surface area contributed by atoms with Crippen molar-refractivity contribution in [2.24, 2.45) is 7.05 Å². The zero-order valence-electron chi connectivity index (χ0n) is 12.9. The number of sulfonamides is 1. The van der Waals surface area contributed by atoms with Gasteiger partial charge in [-0.2, -0.15) is 5.10 Å². The molecule has 7 nitrogen and oxygen atoms in total. The van der Waals surface area contributed by atoms with Crippen molar-refractivity contribution in [3.05, 3.63) is 58.0 Å².